The molecule has 11 nitrogen and oxygen atoms in total. The highest BCUT2D eigenvalue weighted by Crippen LogP contribution is 2.36. The molecule has 1 aliphatic rings. The first-order valence-electron chi connectivity index (χ1n) is 9.76. The monoisotopic (exact) mass is 443 g/mol. The lowest BCUT2D eigenvalue weighted by Crippen LogP contribution is -2.49. The first-order chi connectivity index (χ1) is 15.0. The largest absolute Gasteiger partial charge is 0.450 e. The van der Waals surface area contributed by atoms with E-state index in [0.717, 1.165) is 15.8 Å². The fourth-order valence-corrected chi connectivity index (χ4v) is 4.33. The molecule has 1 aromatic carbocycles. The number of fused-ring (bicyclic) bond motifs is 1. The van der Waals surface area contributed by atoms with Gasteiger partial charge in [-0.15, -0.1) is 0 Å². The molecule has 3 aromatic rings. The second-order valence-electron chi connectivity index (χ2n) is 6.94. The van der Waals surface area contributed by atoms with Crippen LogP contribution in [0.3, 0.4) is 0 Å². The van der Waals surface area contributed by atoms with Gasteiger partial charge in [-0.25, -0.2) is 19.7 Å². The van der Waals surface area contributed by atoms with Crippen LogP contribution in [0.4, 0.5) is 27.2 Å². The summed E-state index contributed by atoms with van der Waals surface area (Å²) in [7, 11) is 0. The number of thiazole rings is 1. The number of hydrogen-bond donors (Lipinski definition) is 1. The number of aryl methyl sites for hydroxylation is 1. The average molecular weight is 443 g/mol. The topological polar surface area (TPSA) is 127 Å². The molecule has 1 fully saturated rings. The maximum Gasteiger partial charge on any atom is 0.409 e. The van der Waals surface area contributed by atoms with Gasteiger partial charge in [0, 0.05) is 26.2 Å². The van der Waals surface area contributed by atoms with Gasteiger partial charge in [0.05, 0.1) is 21.7 Å². The number of amides is 1. The molecule has 0 aliphatic carbocycles. The number of nitrogens with zero attached hydrogens (tertiary/aromatic N) is 6. The van der Waals surface area contributed by atoms with Crippen molar-refractivity contribution >= 4 is 50.1 Å². The van der Waals surface area contributed by atoms with Crippen LogP contribution < -0.4 is 10.2 Å². The van der Waals surface area contributed by atoms with E-state index in [9.17, 15) is 14.9 Å². The van der Waals surface area contributed by atoms with Crippen molar-refractivity contribution in [2.45, 2.75) is 13.8 Å². The summed E-state index contributed by atoms with van der Waals surface area (Å²) in [5.41, 5.74) is 1.70. The van der Waals surface area contributed by atoms with Crippen LogP contribution in [0, 0.1) is 17.0 Å². The van der Waals surface area contributed by atoms with Crippen LogP contribution in [0.5, 0.6) is 0 Å². The van der Waals surface area contributed by atoms with Crippen molar-refractivity contribution in [1.29, 1.82) is 0 Å². The number of carbonyl (C=O) groups is 1. The molecule has 1 N–H and O–H groups in total. The molecule has 0 spiro atoms. The molecule has 1 aliphatic heterocycles. The lowest BCUT2D eigenvalue weighted by atomic mass is 10.2. The van der Waals surface area contributed by atoms with Crippen LogP contribution in [0.15, 0.2) is 24.5 Å². The number of hydrogen-bond acceptors (Lipinski definition) is 10. The minimum atomic E-state index is -0.493. The summed E-state index contributed by atoms with van der Waals surface area (Å²) in [6.45, 7) is 5.62. The second kappa shape index (κ2) is 8.68. The van der Waals surface area contributed by atoms with Gasteiger partial charge in [-0.1, -0.05) is 17.4 Å². The quantitative estimate of drug-likeness (QED) is 0.466. The highest BCUT2D eigenvalue weighted by molar-refractivity contribution is 7.22. The summed E-state index contributed by atoms with van der Waals surface area (Å²) in [4.78, 5) is 39.4. The lowest BCUT2D eigenvalue weighted by Gasteiger charge is -2.34. The number of carbonyl (C=O) groups excluding carboxylic acids is 1. The van der Waals surface area contributed by atoms with E-state index in [1.165, 1.54) is 17.7 Å². The van der Waals surface area contributed by atoms with Crippen LogP contribution in [-0.4, -0.2) is 63.7 Å². The molecular formula is C19H21N7O4S. The molecule has 1 amide bonds. The van der Waals surface area contributed by atoms with Crippen LogP contribution in [0.25, 0.3) is 10.2 Å². The van der Waals surface area contributed by atoms with E-state index in [4.69, 9.17) is 4.74 Å². The Labute approximate surface area is 181 Å². The third-order valence-electron chi connectivity index (χ3n) is 4.86. The molecule has 0 bridgehead atoms. The van der Waals surface area contributed by atoms with Gasteiger partial charge in [0.2, 0.25) is 11.6 Å². The van der Waals surface area contributed by atoms with Gasteiger partial charge in [-0.2, -0.15) is 0 Å². The zero-order chi connectivity index (χ0) is 22.0. The summed E-state index contributed by atoms with van der Waals surface area (Å²) in [5, 5.41) is 15.4. The number of aromatic nitrogens is 3. The summed E-state index contributed by atoms with van der Waals surface area (Å²) in [5.74, 6) is 0.293. The highest BCUT2D eigenvalue weighted by atomic mass is 32.1. The Balaban J connectivity index is 1.58. The zero-order valence-corrected chi connectivity index (χ0v) is 17.9. The molecule has 4 rings (SSSR count). The standard InChI is InChI=1S/C19H21N7O4S/c1-3-30-19(27)25-8-6-24(7-9-25)17-15(26(28)29)16(20-11-21-17)23-18-22-13-5-4-12(2)10-14(13)31-18/h4-5,10-11H,3,6-9H2,1-2H3,(H,20,21,22,23). The zero-order valence-electron chi connectivity index (χ0n) is 17.1. The molecule has 162 valence electrons. The molecule has 12 heteroatoms. The molecule has 0 saturated carbocycles. The SMILES string of the molecule is CCOC(=O)N1CCN(c2ncnc(Nc3nc4ccc(C)cc4s3)c2[N+](=O)[O-])CC1. The van der Waals surface area contributed by atoms with Gasteiger partial charge in [-0.05, 0) is 31.5 Å². The molecule has 0 atom stereocenters. The van der Waals surface area contributed by atoms with Crippen molar-refractivity contribution in [3.63, 3.8) is 0 Å². The van der Waals surface area contributed by atoms with E-state index in [0.29, 0.717) is 37.9 Å². The first kappa shape index (κ1) is 20.7. The fourth-order valence-electron chi connectivity index (χ4n) is 3.36. The maximum atomic E-state index is 11.9. The normalized spacial score (nSPS) is 14.0. The number of ether oxygens (including phenoxy) is 1. The van der Waals surface area contributed by atoms with E-state index in [1.54, 1.807) is 16.7 Å². The van der Waals surface area contributed by atoms with Crippen molar-refractivity contribution in [1.82, 2.24) is 19.9 Å². The summed E-state index contributed by atoms with van der Waals surface area (Å²) >= 11 is 1.40. The molecule has 0 unspecified atom stereocenters. The molecular weight excluding hydrogens is 422 g/mol. The molecule has 0 radical (unpaired) electrons. The van der Waals surface area contributed by atoms with Crippen LogP contribution in [0.2, 0.25) is 0 Å². The lowest BCUT2D eigenvalue weighted by molar-refractivity contribution is -0.383. The van der Waals surface area contributed by atoms with Gasteiger partial charge in [0.15, 0.2) is 5.13 Å². The van der Waals surface area contributed by atoms with E-state index in [2.05, 4.69) is 20.3 Å². The van der Waals surface area contributed by atoms with Gasteiger partial charge in [-0.3, -0.25) is 10.1 Å². The van der Waals surface area contributed by atoms with E-state index >= 15 is 0 Å². The third kappa shape index (κ3) is 4.33. The van der Waals surface area contributed by atoms with Crippen LogP contribution >= 0.6 is 11.3 Å². The van der Waals surface area contributed by atoms with E-state index < -0.39 is 4.92 Å². The second-order valence-corrected chi connectivity index (χ2v) is 7.97. The number of rotatable bonds is 5. The van der Waals surface area contributed by atoms with Crippen molar-refractivity contribution in [2.24, 2.45) is 0 Å². The van der Waals surface area contributed by atoms with E-state index in [-0.39, 0.29) is 23.4 Å². The summed E-state index contributed by atoms with van der Waals surface area (Å²) < 4.78 is 6.00. The predicted molar refractivity (Wildman–Crippen MR) is 117 cm³/mol. The van der Waals surface area contributed by atoms with Crippen molar-refractivity contribution in [3.8, 4) is 0 Å². The Morgan fingerprint density at radius 3 is 2.77 bits per heavy atom. The van der Waals surface area contributed by atoms with Crippen molar-refractivity contribution in [2.75, 3.05) is 43.0 Å². The van der Waals surface area contributed by atoms with Gasteiger partial charge in [0.1, 0.15) is 6.33 Å². The predicted octanol–water partition coefficient (Wildman–Crippen LogP) is 3.33. The Morgan fingerprint density at radius 2 is 2.06 bits per heavy atom. The number of benzene rings is 1. The Hall–Kier alpha value is -3.54. The summed E-state index contributed by atoms with van der Waals surface area (Å²) in [6, 6.07) is 5.89. The molecule has 31 heavy (non-hydrogen) atoms. The minimum absolute atomic E-state index is 0.0820. The van der Waals surface area contributed by atoms with Gasteiger partial charge >= 0.3 is 11.8 Å². The minimum Gasteiger partial charge on any atom is -0.450 e. The van der Waals surface area contributed by atoms with Crippen molar-refractivity contribution in [3.05, 3.63) is 40.2 Å². The van der Waals surface area contributed by atoms with Gasteiger partial charge in [0.25, 0.3) is 0 Å². The third-order valence-corrected chi connectivity index (χ3v) is 5.79. The Morgan fingerprint density at radius 1 is 1.29 bits per heavy atom. The van der Waals surface area contributed by atoms with Crippen molar-refractivity contribution < 1.29 is 14.5 Å². The average Bonchev–Trinajstić information content (AvgIpc) is 3.15. The number of piperazine rings is 1. The number of nitro groups is 1. The Kier molecular flexibility index (Phi) is 5.80. The first-order valence-corrected chi connectivity index (χ1v) is 10.6. The number of anilines is 3. The van der Waals surface area contributed by atoms with Crippen LogP contribution in [-0.2, 0) is 4.74 Å². The Bertz CT molecular complexity index is 1130. The smallest absolute Gasteiger partial charge is 0.409 e. The fraction of sp³-hybridized carbons (Fsp3) is 0.368. The highest BCUT2D eigenvalue weighted by Gasteiger charge is 2.31. The summed E-state index contributed by atoms with van der Waals surface area (Å²) in [6.07, 6.45) is 0.910. The number of nitrogens with one attached hydrogen (secondary N) is 1. The molecule has 2 aromatic heterocycles. The van der Waals surface area contributed by atoms with Gasteiger partial charge < -0.3 is 19.9 Å². The molecule has 1 saturated heterocycles. The maximum absolute atomic E-state index is 11.9. The molecule has 3 heterocycles. The van der Waals surface area contributed by atoms with E-state index in [1.807, 2.05) is 25.1 Å². The van der Waals surface area contributed by atoms with Crippen LogP contribution in [0.1, 0.15) is 12.5 Å².